The normalized spacial score (nSPS) is 13.7. The van der Waals surface area contributed by atoms with Gasteiger partial charge in [0, 0.05) is 22.9 Å². The van der Waals surface area contributed by atoms with Crippen molar-refractivity contribution in [1.82, 2.24) is 5.32 Å². The molecule has 4 aromatic carbocycles. The first-order chi connectivity index (χ1) is 33.3. The number of halogens is 14. The van der Waals surface area contributed by atoms with Crippen molar-refractivity contribution in [3.05, 3.63) is 117 Å². The van der Waals surface area contributed by atoms with Gasteiger partial charge in [0.2, 0.25) is 0 Å². The third-order valence-electron chi connectivity index (χ3n) is 9.55. The van der Waals surface area contributed by atoms with Crippen LogP contribution in [-0.2, 0) is 31.6 Å². The fourth-order valence-electron chi connectivity index (χ4n) is 6.53. The number of hydrogen-bond donors (Lipinski definition) is 3. The number of nitrogens with one attached hydrogen (secondary N) is 2. The summed E-state index contributed by atoms with van der Waals surface area (Å²) in [5.41, 5.74) is -13.0. The predicted molar refractivity (Wildman–Crippen MR) is 237 cm³/mol. The highest BCUT2D eigenvalue weighted by atomic mass is 32.2. The molecule has 1 heterocycles. The lowest BCUT2D eigenvalue weighted by atomic mass is 9.92. The van der Waals surface area contributed by atoms with Crippen LogP contribution >= 0.6 is 0 Å². The van der Waals surface area contributed by atoms with Gasteiger partial charge >= 0.3 is 56.3 Å². The summed E-state index contributed by atoms with van der Waals surface area (Å²) in [6, 6.07) is 8.81. The molecule has 5 rings (SSSR count). The van der Waals surface area contributed by atoms with Crippen LogP contribution in [0.15, 0.2) is 72.8 Å². The fourth-order valence-corrected chi connectivity index (χ4v) is 7.46. The van der Waals surface area contributed by atoms with E-state index in [2.05, 4.69) is 14.8 Å². The summed E-state index contributed by atoms with van der Waals surface area (Å²) in [4.78, 5) is 51.7. The Hall–Kier alpha value is -6.56. The van der Waals surface area contributed by atoms with Crippen LogP contribution in [-0.4, -0.2) is 89.8 Å². The van der Waals surface area contributed by atoms with E-state index in [0.717, 1.165) is 38.1 Å². The van der Waals surface area contributed by atoms with Gasteiger partial charge < -0.3 is 24.7 Å². The number of nitrogens with two attached hydrogens (primary N) is 1. The molecule has 0 radical (unpaired) electrons. The van der Waals surface area contributed by atoms with E-state index in [-0.39, 0.29) is 41.1 Å². The number of carbonyl (C=O) groups is 4. The number of anilines is 2. The lowest BCUT2D eigenvalue weighted by Crippen LogP contribution is -2.50. The third kappa shape index (κ3) is 13.6. The molecular formula is C44H42F14N4O10S2. The Morgan fingerprint density at radius 1 is 0.595 bits per heavy atom. The third-order valence-corrected chi connectivity index (χ3v) is 10.5. The number of rotatable bonds is 11. The average molecular weight is 1120 g/mol. The van der Waals surface area contributed by atoms with Gasteiger partial charge in [-0.3, -0.25) is 19.2 Å². The van der Waals surface area contributed by atoms with Crippen molar-refractivity contribution < 1.29 is 106 Å². The summed E-state index contributed by atoms with van der Waals surface area (Å²) < 4.78 is 241. The number of nitrogens with zero attached hydrogens (tertiary/aromatic N) is 1. The second-order valence-corrected chi connectivity index (χ2v) is 19.7. The van der Waals surface area contributed by atoms with E-state index >= 15 is 0 Å². The van der Waals surface area contributed by atoms with Crippen molar-refractivity contribution >= 4 is 55.2 Å². The van der Waals surface area contributed by atoms with Gasteiger partial charge in [-0.05, 0) is 81.3 Å². The minimum Gasteiger partial charge on any atom is -0.382 e. The molecule has 4 amide bonds. The van der Waals surface area contributed by atoms with Crippen molar-refractivity contribution in [2.45, 2.75) is 89.7 Å². The number of fused-ring (bicyclic) bond motifs is 1. The number of alkyl halides is 14. The number of aryl methyl sites for hydroxylation is 2. The van der Waals surface area contributed by atoms with Crippen LogP contribution < -0.4 is 29.6 Å². The minimum absolute atomic E-state index is 0.167. The molecule has 408 valence electrons. The Kier molecular flexibility index (Phi) is 18.1. The summed E-state index contributed by atoms with van der Waals surface area (Å²) in [7, 11) is -8.26. The second kappa shape index (κ2) is 21.7. The van der Waals surface area contributed by atoms with Crippen LogP contribution in [0.2, 0.25) is 0 Å². The number of hydrogen-bond acceptors (Lipinski definition) is 11. The van der Waals surface area contributed by atoms with Gasteiger partial charge in [0.25, 0.3) is 23.6 Å². The molecule has 1 aliphatic rings. The van der Waals surface area contributed by atoms with E-state index in [1.165, 1.54) is 12.1 Å². The van der Waals surface area contributed by atoms with Crippen molar-refractivity contribution in [3.63, 3.8) is 0 Å². The highest BCUT2D eigenvalue weighted by Gasteiger charge is 2.74. The van der Waals surface area contributed by atoms with E-state index in [1.807, 2.05) is 13.8 Å². The molecule has 0 aromatic heterocycles. The molecule has 1 aliphatic heterocycles. The summed E-state index contributed by atoms with van der Waals surface area (Å²) in [5, 5.41) is 4.67. The zero-order valence-corrected chi connectivity index (χ0v) is 40.9. The lowest BCUT2D eigenvalue weighted by Gasteiger charge is -2.31. The van der Waals surface area contributed by atoms with Crippen LogP contribution in [0.5, 0.6) is 11.5 Å². The first-order valence-corrected chi connectivity index (χ1v) is 24.1. The molecule has 4 N–H and O–H groups in total. The Balaban J connectivity index is 0.000000365. The monoisotopic (exact) mass is 1120 g/mol. The topological polar surface area (TPSA) is 208 Å². The van der Waals surface area contributed by atoms with Gasteiger partial charge in [-0.25, -0.2) is 13.7 Å². The number of amides is 4. The van der Waals surface area contributed by atoms with Crippen LogP contribution in [0.4, 0.5) is 72.8 Å². The first kappa shape index (κ1) is 61.7. The van der Waals surface area contributed by atoms with Gasteiger partial charge in [0.1, 0.15) is 0 Å². The zero-order valence-electron chi connectivity index (χ0n) is 39.3. The largest absolute Gasteiger partial charge is 0.435 e. The van der Waals surface area contributed by atoms with Gasteiger partial charge in [-0.15, -0.1) is 0 Å². The van der Waals surface area contributed by atoms with Crippen molar-refractivity contribution in [3.8, 4) is 11.5 Å². The minimum atomic E-state index is -6.34. The Morgan fingerprint density at radius 3 is 1.43 bits per heavy atom. The van der Waals surface area contributed by atoms with Crippen molar-refractivity contribution in [2.24, 2.45) is 5.73 Å². The van der Waals surface area contributed by atoms with Crippen LogP contribution in [0.25, 0.3) is 0 Å². The molecule has 0 saturated heterocycles. The quantitative estimate of drug-likeness (QED) is 0.0732. The van der Waals surface area contributed by atoms with E-state index in [0.29, 0.717) is 35.6 Å². The van der Waals surface area contributed by atoms with Crippen LogP contribution in [0.3, 0.4) is 0 Å². The van der Waals surface area contributed by atoms with Gasteiger partial charge in [-0.1, -0.05) is 50.2 Å². The molecule has 74 heavy (non-hydrogen) atoms. The number of benzene rings is 4. The average Bonchev–Trinajstić information content (AvgIpc) is 3.46. The van der Waals surface area contributed by atoms with E-state index in [9.17, 15) is 97.5 Å². The molecule has 0 bridgehead atoms. The Bertz CT molecular complexity index is 3000. The van der Waals surface area contributed by atoms with Gasteiger partial charge in [0.15, 0.2) is 11.5 Å². The summed E-state index contributed by atoms with van der Waals surface area (Å²) in [5.74, 6) is -5.16. The van der Waals surface area contributed by atoms with Gasteiger partial charge in [-0.2, -0.15) is 69.5 Å². The van der Waals surface area contributed by atoms with E-state index < -0.39 is 137 Å². The molecule has 0 aliphatic carbocycles. The molecule has 0 unspecified atom stereocenters. The van der Waals surface area contributed by atoms with Gasteiger partial charge in [0.05, 0.1) is 40.5 Å². The zero-order chi connectivity index (χ0) is 57.3. The smallest absolute Gasteiger partial charge is 0.382 e. The molecule has 4 aromatic rings. The lowest BCUT2D eigenvalue weighted by molar-refractivity contribution is -0.349. The summed E-state index contributed by atoms with van der Waals surface area (Å²) in [6.07, 6.45) is -23.9. The SMILES string of the molecule is CC(C)N.Cc1cc(C(F)(C(F)(F)F)C(F)(F)F)ccc1N1C(=O)c2cccc(OS(C)(=O)=O)c2C1=O.Cc1cc(C(F)(C(F)(F)F)C(F)(F)F)ccc1NC(=O)c1cccc(OS(C)(=O)=O)c1C(=O)NC(C)C. The Morgan fingerprint density at radius 2 is 1.01 bits per heavy atom. The number of carbonyl (C=O) groups excluding carboxylic acids is 4. The van der Waals surface area contributed by atoms with E-state index in [4.69, 9.17) is 9.92 Å². The fraction of sp³-hybridized carbons (Fsp3) is 0.364. The predicted octanol–water partition coefficient (Wildman–Crippen LogP) is 9.79. The van der Waals surface area contributed by atoms with Crippen LogP contribution in [0.1, 0.15) is 91.4 Å². The molecule has 30 heteroatoms. The summed E-state index contributed by atoms with van der Waals surface area (Å²) >= 11 is 0. The van der Waals surface area contributed by atoms with Crippen molar-refractivity contribution in [1.29, 1.82) is 0 Å². The van der Waals surface area contributed by atoms with Crippen molar-refractivity contribution in [2.75, 3.05) is 22.7 Å². The Labute approximate surface area is 412 Å². The highest BCUT2D eigenvalue weighted by molar-refractivity contribution is 7.86. The molecule has 0 saturated carbocycles. The maximum atomic E-state index is 14.4. The molecule has 0 fully saturated rings. The first-order valence-electron chi connectivity index (χ1n) is 20.5. The molecule has 14 nitrogen and oxygen atoms in total. The van der Waals surface area contributed by atoms with Crippen LogP contribution in [0, 0.1) is 13.8 Å². The maximum Gasteiger partial charge on any atom is 0.435 e. The van der Waals surface area contributed by atoms with E-state index in [1.54, 1.807) is 13.8 Å². The molecule has 0 spiro atoms. The molecular weight excluding hydrogens is 1070 g/mol. The highest BCUT2D eigenvalue weighted by Crippen LogP contribution is 2.55. The number of imide groups is 1. The maximum absolute atomic E-state index is 14.4. The second-order valence-electron chi connectivity index (χ2n) is 16.5. The molecule has 0 atom stereocenters. The standard InChI is InChI=1S/C22H21F7N2O5S.C19H12F7NO5S.C3H9N/c1-11(2)30-19(33)17-14(6-5-7-16(17)36-37(4,34)35)18(32)31-15-9-8-13(10-12(15)3)20(23,21(24,25)26)22(27,28)29;1-9-8-10(17(20,18(21,22)23)19(24,25)26)6-7-12(9)27-15(28)11-4-3-5-13(14(11)16(27)29)32-33(2,30)31;1-3(2)4/h5-11H,1-4H3,(H,30,33)(H,31,32);3-8H,1-2H3;3H,4H2,1-2H3. The summed E-state index contributed by atoms with van der Waals surface area (Å²) in [6.45, 7) is 9.05.